The predicted octanol–water partition coefficient (Wildman–Crippen LogP) is 1.95. The summed E-state index contributed by atoms with van der Waals surface area (Å²) in [6, 6.07) is 11.3. The molecule has 1 atom stereocenters. The second kappa shape index (κ2) is 8.79. The number of nitrogens with one attached hydrogen (secondary N) is 1. The molecule has 1 unspecified atom stereocenters. The van der Waals surface area contributed by atoms with Gasteiger partial charge in [-0.15, -0.1) is 0 Å². The largest absolute Gasteiger partial charge is 0.497 e. The maximum Gasteiger partial charge on any atom is 0.265 e. The Morgan fingerprint density at radius 3 is 2.44 bits per heavy atom. The number of carbonyl (C=O) groups is 2. The van der Waals surface area contributed by atoms with E-state index in [0.717, 1.165) is 0 Å². The number of hydrogen-bond donors (Lipinski definition) is 1. The minimum Gasteiger partial charge on any atom is -0.497 e. The molecule has 2 heterocycles. The predicted molar refractivity (Wildman–Crippen MR) is 117 cm³/mol. The maximum absolute atomic E-state index is 13.1. The topological polar surface area (TPSA) is 105 Å². The number of rotatable bonds is 5. The van der Waals surface area contributed by atoms with Gasteiger partial charge in [-0.2, -0.15) is 4.31 Å². The molecule has 1 saturated heterocycles. The van der Waals surface area contributed by atoms with E-state index in [2.05, 4.69) is 5.32 Å². The van der Waals surface area contributed by atoms with Crippen molar-refractivity contribution in [1.29, 1.82) is 0 Å². The molecule has 0 saturated carbocycles. The SMILES string of the molecule is CCC1Oc2ccc(S(=O)(=O)N3CCN(C(=O)c4ccc(OC)cc4)CC3)cc2NC1=O. The molecule has 2 aliphatic rings. The highest BCUT2D eigenvalue weighted by molar-refractivity contribution is 7.89. The number of nitrogens with zero attached hydrogens (tertiary/aromatic N) is 2. The van der Waals surface area contributed by atoms with Crippen molar-refractivity contribution in [3.05, 3.63) is 48.0 Å². The summed E-state index contributed by atoms with van der Waals surface area (Å²) in [4.78, 5) is 26.5. The standard InChI is InChI=1S/C22H25N3O6S/c1-3-19-21(26)23-18-14-17(8-9-20(18)31-19)32(28,29)25-12-10-24(11-13-25)22(27)15-4-6-16(30-2)7-5-15/h4-9,14,19H,3,10-13H2,1-2H3,(H,23,26). The van der Waals surface area contributed by atoms with E-state index in [1.54, 1.807) is 42.3 Å². The van der Waals surface area contributed by atoms with Crippen LogP contribution in [0.1, 0.15) is 23.7 Å². The van der Waals surface area contributed by atoms with Crippen LogP contribution in [0.25, 0.3) is 0 Å². The molecular formula is C22H25N3O6S. The molecule has 0 spiro atoms. The van der Waals surface area contributed by atoms with Gasteiger partial charge in [0.05, 0.1) is 17.7 Å². The second-order valence-electron chi connectivity index (χ2n) is 7.59. The van der Waals surface area contributed by atoms with Crippen LogP contribution in [0, 0.1) is 0 Å². The molecule has 4 rings (SSSR count). The monoisotopic (exact) mass is 459 g/mol. The van der Waals surface area contributed by atoms with Gasteiger partial charge >= 0.3 is 0 Å². The first-order chi connectivity index (χ1) is 15.3. The lowest BCUT2D eigenvalue weighted by molar-refractivity contribution is -0.123. The molecule has 170 valence electrons. The van der Waals surface area contributed by atoms with Gasteiger partial charge in [-0.05, 0) is 48.9 Å². The van der Waals surface area contributed by atoms with E-state index in [0.29, 0.717) is 29.2 Å². The smallest absolute Gasteiger partial charge is 0.265 e. The molecule has 0 aliphatic carbocycles. The lowest BCUT2D eigenvalue weighted by Gasteiger charge is -2.34. The fraction of sp³-hybridized carbons (Fsp3) is 0.364. The third-order valence-electron chi connectivity index (χ3n) is 5.64. The van der Waals surface area contributed by atoms with Crippen LogP contribution < -0.4 is 14.8 Å². The zero-order chi connectivity index (χ0) is 22.9. The van der Waals surface area contributed by atoms with Crippen molar-refractivity contribution in [2.45, 2.75) is 24.3 Å². The first-order valence-corrected chi connectivity index (χ1v) is 11.8. The van der Waals surface area contributed by atoms with Crippen molar-refractivity contribution >= 4 is 27.5 Å². The fourth-order valence-corrected chi connectivity index (χ4v) is 5.20. The molecule has 0 bridgehead atoms. The summed E-state index contributed by atoms with van der Waals surface area (Å²) in [6.45, 7) is 2.78. The molecule has 0 radical (unpaired) electrons. The van der Waals surface area contributed by atoms with Gasteiger partial charge in [0, 0.05) is 31.7 Å². The number of fused-ring (bicyclic) bond motifs is 1. The van der Waals surface area contributed by atoms with Gasteiger partial charge in [0.15, 0.2) is 6.10 Å². The molecular weight excluding hydrogens is 434 g/mol. The molecule has 1 fully saturated rings. The van der Waals surface area contributed by atoms with Gasteiger partial charge in [0.25, 0.3) is 11.8 Å². The van der Waals surface area contributed by atoms with E-state index in [9.17, 15) is 18.0 Å². The molecule has 0 aromatic heterocycles. The summed E-state index contributed by atoms with van der Waals surface area (Å²) in [5, 5.41) is 2.72. The quantitative estimate of drug-likeness (QED) is 0.733. The van der Waals surface area contributed by atoms with Crippen molar-refractivity contribution in [2.75, 3.05) is 38.6 Å². The Bertz CT molecular complexity index is 1120. The highest BCUT2D eigenvalue weighted by Crippen LogP contribution is 2.33. The van der Waals surface area contributed by atoms with E-state index >= 15 is 0 Å². The highest BCUT2D eigenvalue weighted by atomic mass is 32.2. The lowest BCUT2D eigenvalue weighted by Crippen LogP contribution is -2.50. The van der Waals surface area contributed by atoms with Gasteiger partial charge in [0.1, 0.15) is 11.5 Å². The summed E-state index contributed by atoms with van der Waals surface area (Å²) < 4.78 is 38.4. The summed E-state index contributed by atoms with van der Waals surface area (Å²) in [6.07, 6.45) is -0.0635. The Morgan fingerprint density at radius 1 is 1.12 bits per heavy atom. The molecule has 2 amide bonds. The number of sulfonamides is 1. The molecule has 2 aromatic rings. The van der Waals surface area contributed by atoms with Crippen molar-refractivity contribution in [3.8, 4) is 11.5 Å². The highest BCUT2D eigenvalue weighted by Gasteiger charge is 2.32. The number of benzene rings is 2. The van der Waals surface area contributed by atoms with E-state index in [1.807, 2.05) is 6.92 Å². The molecule has 10 heteroatoms. The number of ether oxygens (including phenoxy) is 2. The van der Waals surface area contributed by atoms with Gasteiger partial charge in [-0.3, -0.25) is 9.59 Å². The number of hydrogen-bond acceptors (Lipinski definition) is 6. The lowest BCUT2D eigenvalue weighted by atomic mass is 10.2. The van der Waals surface area contributed by atoms with Crippen LogP contribution in [-0.4, -0.2) is 68.8 Å². The molecule has 32 heavy (non-hydrogen) atoms. The Hall–Kier alpha value is -3.11. The van der Waals surface area contributed by atoms with E-state index < -0.39 is 16.1 Å². The molecule has 2 aromatic carbocycles. The number of carbonyl (C=O) groups excluding carboxylic acids is 2. The van der Waals surface area contributed by atoms with Gasteiger partial charge < -0.3 is 19.7 Å². The number of amides is 2. The average molecular weight is 460 g/mol. The Kier molecular flexibility index (Phi) is 6.07. The number of anilines is 1. The van der Waals surface area contributed by atoms with Crippen LogP contribution in [0.3, 0.4) is 0 Å². The van der Waals surface area contributed by atoms with Gasteiger partial charge in [0.2, 0.25) is 10.0 Å². The molecule has 2 aliphatic heterocycles. The number of methoxy groups -OCH3 is 1. The van der Waals surface area contributed by atoms with Crippen LogP contribution in [-0.2, 0) is 14.8 Å². The summed E-state index contributed by atoms with van der Waals surface area (Å²) in [5.74, 6) is 0.670. The normalized spacial score (nSPS) is 19.0. The average Bonchev–Trinajstić information content (AvgIpc) is 2.82. The van der Waals surface area contributed by atoms with Crippen LogP contribution in [0.15, 0.2) is 47.4 Å². The van der Waals surface area contributed by atoms with Gasteiger partial charge in [-0.1, -0.05) is 6.92 Å². The van der Waals surface area contributed by atoms with E-state index in [4.69, 9.17) is 9.47 Å². The van der Waals surface area contributed by atoms with Crippen LogP contribution in [0.4, 0.5) is 5.69 Å². The Labute approximate surface area is 187 Å². The third-order valence-corrected chi connectivity index (χ3v) is 7.54. The maximum atomic E-state index is 13.1. The first-order valence-electron chi connectivity index (χ1n) is 10.4. The minimum atomic E-state index is -3.78. The Balaban J connectivity index is 1.44. The number of piperazine rings is 1. The second-order valence-corrected chi connectivity index (χ2v) is 9.52. The minimum absolute atomic E-state index is 0.0741. The van der Waals surface area contributed by atoms with E-state index in [-0.39, 0.29) is 42.9 Å². The van der Waals surface area contributed by atoms with Crippen molar-refractivity contribution in [2.24, 2.45) is 0 Å². The summed E-state index contributed by atoms with van der Waals surface area (Å²) in [5.41, 5.74) is 0.868. The summed E-state index contributed by atoms with van der Waals surface area (Å²) >= 11 is 0. The zero-order valence-electron chi connectivity index (χ0n) is 17.9. The fourth-order valence-electron chi connectivity index (χ4n) is 3.76. The first kappa shape index (κ1) is 22.1. The van der Waals surface area contributed by atoms with Crippen LogP contribution >= 0.6 is 0 Å². The summed E-state index contributed by atoms with van der Waals surface area (Å²) in [7, 11) is -2.23. The molecule has 1 N–H and O–H groups in total. The van der Waals surface area contributed by atoms with Crippen LogP contribution in [0.2, 0.25) is 0 Å². The van der Waals surface area contributed by atoms with Gasteiger partial charge in [-0.25, -0.2) is 8.42 Å². The van der Waals surface area contributed by atoms with Crippen LogP contribution in [0.5, 0.6) is 11.5 Å². The molecule has 9 nitrogen and oxygen atoms in total. The van der Waals surface area contributed by atoms with E-state index in [1.165, 1.54) is 16.4 Å². The van der Waals surface area contributed by atoms with Crippen molar-refractivity contribution in [3.63, 3.8) is 0 Å². The van der Waals surface area contributed by atoms with Crippen molar-refractivity contribution < 1.29 is 27.5 Å². The third kappa shape index (κ3) is 4.15. The zero-order valence-corrected chi connectivity index (χ0v) is 18.7. The Morgan fingerprint density at radius 2 is 1.81 bits per heavy atom. The van der Waals surface area contributed by atoms with Crippen molar-refractivity contribution in [1.82, 2.24) is 9.21 Å².